The van der Waals surface area contributed by atoms with Crippen LogP contribution in [-0.4, -0.2) is 67.1 Å². The maximum Gasteiger partial charge on any atom is 0.410 e. The minimum atomic E-state index is -3.78. The molecule has 8 nitrogen and oxygen atoms in total. The second-order valence-corrected chi connectivity index (χ2v) is 10.7. The van der Waals surface area contributed by atoms with Gasteiger partial charge in [-0.1, -0.05) is 12.1 Å². The summed E-state index contributed by atoms with van der Waals surface area (Å²) in [5, 5.41) is 1.22. The number of ether oxygens (including phenoxy) is 2. The van der Waals surface area contributed by atoms with E-state index in [0.29, 0.717) is 29.6 Å². The van der Waals surface area contributed by atoms with Gasteiger partial charge in [0.25, 0.3) is 0 Å². The van der Waals surface area contributed by atoms with Crippen LogP contribution in [-0.2, 0) is 14.8 Å². The monoisotopic (exact) mass is 433 g/mol. The molecule has 9 heteroatoms. The molecule has 162 valence electrons. The molecule has 2 atom stereocenters. The largest absolute Gasteiger partial charge is 0.494 e. The van der Waals surface area contributed by atoms with Crippen LogP contribution in [0.2, 0.25) is 0 Å². The van der Waals surface area contributed by atoms with Gasteiger partial charge in [0.05, 0.1) is 24.2 Å². The third-order valence-corrected chi connectivity index (χ3v) is 7.56. The molecule has 0 N–H and O–H groups in total. The zero-order valence-corrected chi connectivity index (χ0v) is 18.5. The van der Waals surface area contributed by atoms with Crippen LogP contribution in [0.15, 0.2) is 35.5 Å². The maximum atomic E-state index is 13.6. The molecule has 0 bridgehead atoms. The van der Waals surface area contributed by atoms with Crippen molar-refractivity contribution in [2.75, 3.05) is 26.7 Å². The Balaban J connectivity index is 1.64. The fraction of sp³-hybridized carbons (Fsp3) is 0.524. The first-order chi connectivity index (χ1) is 14.1. The van der Waals surface area contributed by atoms with Crippen molar-refractivity contribution in [3.05, 3.63) is 30.6 Å². The van der Waals surface area contributed by atoms with E-state index in [1.54, 1.807) is 23.2 Å². The second kappa shape index (κ2) is 7.39. The topological polar surface area (TPSA) is 89.0 Å². The average Bonchev–Trinajstić information content (AvgIpc) is 3.26. The predicted octanol–water partition coefficient (Wildman–Crippen LogP) is 2.87. The highest BCUT2D eigenvalue weighted by Gasteiger charge is 2.48. The van der Waals surface area contributed by atoms with E-state index in [0.717, 1.165) is 6.42 Å². The number of hydrogen-bond acceptors (Lipinski definition) is 6. The summed E-state index contributed by atoms with van der Waals surface area (Å²) in [6.07, 6.45) is 3.52. The van der Waals surface area contributed by atoms with Crippen molar-refractivity contribution in [1.82, 2.24) is 14.2 Å². The number of amides is 1. The third-order valence-electron chi connectivity index (χ3n) is 5.69. The summed E-state index contributed by atoms with van der Waals surface area (Å²) < 4.78 is 39.5. The quantitative estimate of drug-likeness (QED) is 0.740. The molecule has 1 amide bonds. The van der Waals surface area contributed by atoms with Crippen molar-refractivity contribution in [2.45, 2.75) is 43.7 Å². The minimum absolute atomic E-state index is 0.103. The van der Waals surface area contributed by atoms with E-state index in [4.69, 9.17) is 9.47 Å². The van der Waals surface area contributed by atoms with Crippen LogP contribution >= 0.6 is 0 Å². The number of carbonyl (C=O) groups excluding carboxylic acids is 1. The molecule has 30 heavy (non-hydrogen) atoms. The van der Waals surface area contributed by atoms with Crippen LogP contribution in [0.25, 0.3) is 10.8 Å². The lowest BCUT2D eigenvalue weighted by atomic mass is 10.1. The first kappa shape index (κ1) is 20.9. The first-order valence-electron chi connectivity index (χ1n) is 10.0. The van der Waals surface area contributed by atoms with Crippen molar-refractivity contribution in [3.8, 4) is 5.75 Å². The van der Waals surface area contributed by atoms with Crippen LogP contribution in [0, 0.1) is 5.92 Å². The van der Waals surface area contributed by atoms with Gasteiger partial charge in [-0.05, 0) is 39.2 Å². The van der Waals surface area contributed by atoms with E-state index in [2.05, 4.69) is 4.98 Å². The Morgan fingerprint density at radius 2 is 1.97 bits per heavy atom. The molecule has 3 heterocycles. The van der Waals surface area contributed by atoms with Crippen LogP contribution < -0.4 is 4.74 Å². The lowest BCUT2D eigenvalue weighted by Gasteiger charge is -2.28. The summed E-state index contributed by atoms with van der Waals surface area (Å²) in [7, 11) is -2.28. The first-order valence-corrected chi connectivity index (χ1v) is 11.5. The van der Waals surface area contributed by atoms with Gasteiger partial charge in [0.2, 0.25) is 10.0 Å². The number of likely N-dealkylation sites (tertiary alicyclic amines) is 1. The number of rotatable bonds is 3. The van der Waals surface area contributed by atoms with Gasteiger partial charge in [0.15, 0.2) is 0 Å². The van der Waals surface area contributed by atoms with Gasteiger partial charge in [-0.2, -0.15) is 4.31 Å². The summed E-state index contributed by atoms with van der Waals surface area (Å²) >= 11 is 0. The highest BCUT2D eigenvalue weighted by Crippen LogP contribution is 2.38. The number of fused-ring (bicyclic) bond motifs is 2. The highest BCUT2D eigenvalue weighted by atomic mass is 32.2. The Kier molecular flexibility index (Phi) is 5.14. The van der Waals surface area contributed by atoms with E-state index in [1.807, 2.05) is 26.8 Å². The number of hydrogen-bond donors (Lipinski definition) is 0. The molecule has 0 spiro atoms. The summed E-state index contributed by atoms with van der Waals surface area (Å²) in [5.74, 6) is 0.521. The Hall–Kier alpha value is -2.39. The molecular weight excluding hydrogens is 406 g/mol. The molecule has 1 aromatic heterocycles. The number of carbonyl (C=O) groups is 1. The van der Waals surface area contributed by atoms with Gasteiger partial charge in [0, 0.05) is 36.6 Å². The van der Waals surface area contributed by atoms with E-state index in [1.165, 1.54) is 17.6 Å². The van der Waals surface area contributed by atoms with Crippen molar-refractivity contribution >= 4 is 26.9 Å². The van der Waals surface area contributed by atoms with Gasteiger partial charge in [-0.15, -0.1) is 0 Å². The van der Waals surface area contributed by atoms with Gasteiger partial charge < -0.3 is 14.4 Å². The molecule has 0 radical (unpaired) electrons. The zero-order valence-electron chi connectivity index (χ0n) is 17.7. The SMILES string of the molecule is COc1cncc2cccc(S(=O)(=O)N3CC4CCN(C(=O)OC(C)(C)C)C4C3)c12. The number of aromatic nitrogens is 1. The molecule has 2 fully saturated rings. The Bertz CT molecular complexity index is 1070. The van der Waals surface area contributed by atoms with Crippen LogP contribution in [0.5, 0.6) is 5.75 Å². The summed E-state index contributed by atoms with van der Waals surface area (Å²) in [5.41, 5.74) is -0.590. The van der Waals surface area contributed by atoms with Crippen molar-refractivity contribution < 1.29 is 22.7 Å². The molecule has 2 aliphatic heterocycles. The number of nitrogens with zero attached hydrogens (tertiary/aromatic N) is 3. The van der Waals surface area contributed by atoms with Crippen molar-refractivity contribution in [3.63, 3.8) is 0 Å². The Morgan fingerprint density at radius 1 is 1.20 bits per heavy atom. The van der Waals surface area contributed by atoms with Crippen molar-refractivity contribution in [1.29, 1.82) is 0 Å². The second-order valence-electron chi connectivity index (χ2n) is 8.81. The number of benzene rings is 1. The Morgan fingerprint density at radius 3 is 2.67 bits per heavy atom. The molecule has 2 aromatic rings. The van der Waals surface area contributed by atoms with E-state index < -0.39 is 15.6 Å². The Labute approximate surface area is 176 Å². The number of methoxy groups -OCH3 is 1. The van der Waals surface area contributed by atoms with Crippen molar-refractivity contribution in [2.24, 2.45) is 5.92 Å². The van der Waals surface area contributed by atoms with Crippen LogP contribution in [0.1, 0.15) is 27.2 Å². The van der Waals surface area contributed by atoms with Gasteiger partial charge in [-0.3, -0.25) is 4.98 Å². The van der Waals surface area contributed by atoms with Crippen LogP contribution in [0.3, 0.4) is 0 Å². The van der Waals surface area contributed by atoms with Gasteiger partial charge in [-0.25, -0.2) is 13.2 Å². The molecule has 0 saturated carbocycles. The van der Waals surface area contributed by atoms with Gasteiger partial charge >= 0.3 is 6.09 Å². The summed E-state index contributed by atoms with van der Waals surface area (Å²) in [4.78, 5) is 18.6. The fourth-order valence-corrected chi connectivity index (χ4v) is 6.09. The average molecular weight is 434 g/mol. The number of sulfonamides is 1. The number of pyridine rings is 1. The maximum absolute atomic E-state index is 13.6. The molecule has 0 aliphatic carbocycles. The standard InChI is InChI=1S/C21H27N3O5S/c1-21(2,3)29-20(25)24-9-8-15-12-23(13-16(15)24)30(26,27)18-7-5-6-14-10-22-11-17(28-4)19(14)18/h5-7,10-11,15-16H,8-9,12-13H2,1-4H3. The summed E-state index contributed by atoms with van der Waals surface area (Å²) in [6.45, 7) is 6.71. The molecule has 2 saturated heterocycles. The van der Waals surface area contributed by atoms with E-state index in [-0.39, 0.29) is 29.5 Å². The zero-order chi connectivity index (χ0) is 21.7. The molecule has 4 rings (SSSR count). The molecule has 2 aliphatic rings. The fourth-order valence-electron chi connectivity index (χ4n) is 4.34. The highest BCUT2D eigenvalue weighted by molar-refractivity contribution is 7.89. The minimum Gasteiger partial charge on any atom is -0.494 e. The summed E-state index contributed by atoms with van der Waals surface area (Å²) in [6, 6.07) is 4.95. The predicted molar refractivity (Wildman–Crippen MR) is 112 cm³/mol. The smallest absolute Gasteiger partial charge is 0.410 e. The van der Waals surface area contributed by atoms with E-state index in [9.17, 15) is 13.2 Å². The van der Waals surface area contributed by atoms with Crippen LogP contribution in [0.4, 0.5) is 4.79 Å². The molecule has 2 unspecified atom stereocenters. The third kappa shape index (κ3) is 3.60. The normalized spacial score (nSPS) is 22.3. The molecule has 1 aromatic carbocycles. The molecular formula is C21H27N3O5S. The lowest BCUT2D eigenvalue weighted by molar-refractivity contribution is 0.0223. The van der Waals surface area contributed by atoms with Gasteiger partial charge in [0.1, 0.15) is 11.4 Å². The lowest BCUT2D eigenvalue weighted by Crippen LogP contribution is -2.43. The van der Waals surface area contributed by atoms with E-state index >= 15 is 0 Å².